The predicted octanol–water partition coefficient (Wildman–Crippen LogP) is 2.07. The van der Waals surface area contributed by atoms with E-state index in [9.17, 15) is 17.6 Å². The maximum Gasteiger partial charge on any atom is 0.253 e. The summed E-state index contributed by atoms with van der Waals surface area (Å²) in [4.78, 5) is 2.40. The first-order chi connectivity index (χ1) is 7.07. The average Bonchev–Trinajstić information content (AvgIpc) is 2.20. The fourth-order valence-corrected chi connectivity index (χ4v) is 0.902. The van der Waals surface area contributed by atoms with E-state index >= 15 is 0 Å². The zero-order valence-electron chi connectivity index (χ0n) is 7.45. The molecule has 2 nitrogen and oxygen atoms in total. The van der Waals surface area contributed by atoms with Gasteiger partial charge < -0.3 is 5.32 Å². The number of hydrogen-bond acceptors (Lipinski definition) is 2. The van der Waals surface area contributed by atoms with Crippen LogP contribution >= 0.6 is 0 Å². The molecule has 1 rings (SSSR count). The summed E-state index contributed by atoms with van der Waals surface area (Å²) in [6, 6.07) is 0. The van der Waals surface area contributed by atoms with Crippen LogP contribution < -0.4 is 5.32 Å². The second-order valence-corrected chi connectivity index (χ2v) is 2.58. The molecule has 80 valence electrons. The Morgan fingerprint density at radius 2 is 1.67 bits per heavy atom. The normalized spacial score (nSPS) is 9.80. The Labute approximate surface area is 83.3 Å². The highest BCUT2D eigenvalue weighted by Crippen LogP contribution is 2.21. The van der Waals surface area contributed by atoms with E-state index in [2.05, 4.69) is 16.2 Å². The van der Waals surface area contributed by atoms with Crippen LogP contribution in [0.5, 0.6) is 0 Å². The number of nitrogens with zero attached hydrogens (tertiary/aromatic N) is 1. The summed E-state index contributed by atoms with van der Waals surface area (Å²) in [6.45, 7) is 0.00718. The van der Waals surface area contributed by atoms with Crippen LogP contribution in [0.15, 0.2) is 0 Å². The number of rotatable bonds is 3. The van der Waals surface area contributed by atoms with E-state index in [1.165, 1.54) is 0 Å². The Balaban J connectivity index is 3.00. The lowest BCUT2D eigenvalue weighted by Gasteiger charge is -2.07. The van der Waals surface area contributed by atoms with Gasteiger partial charge in [-0.05, 0) is 0 Å². The zero-order valence-corrected chi connectivity index (χ0v) is 7.45. The first-order valence-electron chi connectivity index (χ1n) is 3.95. The van der Waals surface area contributed by atoms with Gasteiger partial charge in [0.15, 0.2) is 0 Å². The summed E-state index contributed by atoms with van der Waals surface area (Å²) >= 11 is 0. The summed E-state index contributed by atoms with van der Waals surface area (Å²) in [5.74, 6) is -4.33. The molecule has 0 aliphatic carbocycles. The summed E-state index contributed by atoms with van der Waals surface area (Å²) in [5, 5.41) is 2.15. The van der Waals surface area contributed by atoms with Crippen molar-refractivity contribution in [3.63, 3.8) is 0 Å². The number of hydrogen-bond donors (Lipinski definition) is 1. The minimum absolute atomic E-state index is 0.00718. The molecule has 0 bridgehead atoms. The van der Waals surface area contributed by atoms with E-state index < -0.39 is 29.2 Å². The second kappa shape index (κ2) is 4.64. The monoisotopic (exact) mass is 218 g/mol. The van der Waals surface area contributed by atoms with Crippen LogP contribution in [0.2, 0.25) is 0 Å². The Hall–Kier alpha value is -1.77. The molecule has 15 heavy (non-hydrogen) atoms. The molecule has 0 saturated carbocycles. The highest BCUT2D eigenvalue weighted by Gasteiger charge is 2.19. The number of anilines is 1. The molecule has 6 heteroatoms. The lowest BCUT2D eigenvalue weighted by atomic mass is 10.3. The Bertz CT molecular complexity index is 385. The molecule has 0 aromatic carbocycles. The number of pyridine rings is 1. The van der Waals surface area contributed by atoms with Gasteiger partial charge in [0, 0.05) is 13.0 Å². The first kappa shape index (κ1) is 11.3. The number of aromatic nitrogens is 1. The van der Waals surface area contributed by atoms with Gasteiger partial charge in [0.25, 0.3) is 11.9 Å². The van der Waals surface area contributed by atoms with E-state index in [0.717, 1.165) is 0 Å². The number of nitrogens with one attached hydrogen (secondary N) is 1. The molecular weight excluding hydrogens is 212 g/mol. The van der Waals surface area contributed by atoms with Crippen molar-refractivity contribution in [2.24, 2.45) is 0 Å². The first-order valence-corrected chi connectivity index (χ1v) is 3.95. The third-order valence-electron chi connectivity index (χ3n) is 1.57. The SMILES string of the molecule is C#CCCNc1c(F)c(F)nc(F)c1F. The van der Waals surface area contributed by atoms with Crippen molar-refractivity contribution >= 4 is 5.69 Å². The molecule has 0 atom stereocenters. The van der Waals surface area contributed by atoms with Crippen LogP contribution in [0.3, 0.4) is 0 Å². The fourth-order valence-electron chi connectivity index (χ4n) is 0.902. The van der Waals surface area contributed by atoms with Crippen LogP contribution in [0.25, 0.3) is 0 Å². The maximum atomic E-state index is 12.9. The molecular formula is C9H6F4N2. The van der Waals surface area contributed by atoms with Crippen LogP contribution in [0.4, 0.5) is 23.2 Å². The smallest absolute Gasteiger partial charge is 0.253 e. The molecule has 1 aromatic heterocycles. The lowest BCUT2D eigenvalue weighted by molar-refractivity contribution is 0.410. The van der Waals surface area contributed by atoms with Gasteiger partial charge in [-0.15, -0.1) is 12.3 Å². The molecule has 1 N–H and O–H groups in total. The van der Waals surface area contributed by atoms with Gasteiger partial charge in [0.2, 0.25) is 11.6 Å². The van der Waals surface area contributed by atoms with Crippen molar-refractivity contribution in [3.05, 3.63) is 23.5 Å². The predicted molar refractivity (Wildman–Crippen MR) is 46.0 cm³/mol. The molecule has 0 saturated heterocycles. The van der Waals surface area contributed by atoms with Gasteiger partial charge >= 0.3 is 0 Å². The second-order valence-electron chi connectivity index (χ2n) is 2.58. The fraction of sp³-hybridized carbons (Fsp3) is 0.222. The molecule has 0 aliphatic heterocycles. The average molecular weight is 218 g/mol. The molecule has 0 spiro atoms. The maximum absolute atomic E-state index is 12.9. The number of terminal acetylenes is 1. The van der Waals surface area contributed by atoms with Crippen molar-refractivity contribution in [1.82, 2.24) is 4.98 Å². The standard InChI is InChI=1S/C9H6F4N2/c1-2-3-4-14-7-5(10)8(12)15-9(13)6(7)11/h1H,3-4H2,(H,14,15). The molecule has 1 heterocycles. The van der Waals surface area contributed by atoms with Crippen molar-refractivity contribution in [3.8, 4) is 12.3 Å². The van der Waals surface area contributed by atoms with Gasteiger partial charge in [-0.25, -0.2) is 0 Å². The third kappa shape index (κ3) is 2.37. The largest absolute Gasteiger partial charge is 0.379 e. The van der Waals surface area contributed by atoms with Crippen LogP contribution in [-0.2, 0) is 0 Å². The zero-order chi connectivity index (χ0) is 11.4. The van der Waals surface area contributed by atoms with Crippen LogP contribution in [0.1, 0.15) is 6.42 Å². The van der Waals surface area contributed by atoms with E-state index in [4.69, 9.17) is 6.42 Å². The summed E-state index contributed by atoms with van der Waals surface area (Å²) in [5.41, 5.74) is -0.893. The van der Waals surface area contributed by atoms with E-state index in [1.807, 2.05) is 0 Å². The highest BCUT2D eigenvalue weighted by atomic mass is 19.2. The van der Waals surface area contributed by atoms with E-state index in [1.54, 1.807) is 0 Å². The van der Waals surface area contributed by atoms with Crippen LogP contribution in [-0.4, -0.2) is 11.5 Å². The van der Waals surface area contributed by atoms with Crippen molar-refractivity contribution in [2.75, 3.05) is 11.9 Å². The topological polar surface area (TPSA) is 24.9 Å². The Morgan fingerprint density at radius 1 is 1.13 bits per heavy atom. The summed E-state index contributed by atoms with van der Waals surface area (Å²) < 4.78 is 50.9. The summed E-state index contributed by atoms with van der Waals surface area (Å²) in [6.07, 6.45) is 5.06. The minimum atomic E-state index is -1.70. The van der Waals surface area contributed by atoms with Crippen molar-refractivity contribution < 1.29 is 17.6 Å². The van der Waals surface area contributed by atoms with Crippen LogP contribution in [0, 0.1) is 35.9 Å². The summed E-state index contributed by atoms with van der Waals surface area (Å²) in [7, 11) is 0. The van der Waals surface area contributed by atoms with Gasteiger partial charge in [0.1, 0.15) is 5.69 Å². The Morgan fingerprint density at radius 3 is 2.13 bits per heavy atom. The van der Waals surface area contributed by atoms with Gasteiger partial charge in [-0.2, -0.15) is 22.5 Å². The van der Waals surface area contributed by atoms with Gasteiger partial charge in [-0.1, -0.05) is 0 Å². The van der Waals surface area contributed by atoms with Gasteiger partial charge in [0.05, 0.1) is 0 Å². The van der Waals surface area contributed by atoms with Gasteiger partial charge in [-0.3, -0.25) is 0 Å². The molecule has 0 radical (unpaired) electrons. The molecule has 0 amide bonds. The highest BCUT2D eigenvalue weighted by molar-refractivity contribution is 5.45. The quantitative estimate of drug-likeness (QED) is 0.363. The number of halogens is 4. The lowest BCUT2D eigenvalue weighted by Crippen LogP contribution is -2.10. The third-order valence-corrected chi connectivity index (χ3v) is 1.57. The molecule has 0 unspecified atom stereocenters. The van der Waals surface area contributed by atoms with Crippen molar-refractivity contribution in [1.29, 1.82) is 0 Å². The molecule has 0 fully saturated rings. The molecule has 0 aliphatic rings. The Kier molecular flexibility index (Phi) is 3.50. The molecule has 1 aromatic rings. The van der Waals surface area contributed by atoms with E-state index in [-0.39, 0.29) is 13.0 Å². The van der Waals surface area contributed by atoms with Crippen molar-refractivity contribution in [2.45, 2.75) is 6.42 Å². The minimum Gasteiger partial charge on any atom is -0.379 e. The van der Waals surface area contributed by atoms with E-state index in [0.29, 0.717) is 0 Å².